The normalized spacial score (nSPS) is 27.5. The van der Waals surface area contributed by atoms with Gasteiger partial charge in [-0.2, -0.15) is 0 Å². The van der Waals surface area contributed by atoms with Crippen molar-refractivity contribution in [2.45, 2.75) is 38.8 Å². The second kappa shape index (κ2) is 2.33. The molecule has 2 heteroatoms. The molecule has 1 nitrogen and oxygen atoms in total. The summed E-state index contributed by atoms with van der Waals surface area (Å²) in [6, 6.07) is 0. The third-order valence-electron chi connectivity index (χ3n) is 2.22. The predicted molar refractivity (Wildman–Crippen MR) is 37.5 cm³/mol. The first kappa shape index (κ1) is 7.70. The molecule has 0 spiro atoms. The van der Waals surface area contributed by atoms with Gasteiger partial charge in [-0.15, -0.1) is 0 Å². The first-order valence-corrected chi connectivity index (χ1v) is 3.71. The number of carbonyl (C=O) groups is 1. The minimum atomic E-state index is -1.16. The van der Waals surface area contributed by atoms with Gasteiger partial charge in [0.05, 0.1) is 0 Å². The Morgan fingerprint density at radius 2 is 2.20 bits per heavy atom. The molecular formula is C8H13FO. The van der Waals surface area contributed by atoms with Crippen molar-refractivity contribution in [3.63, 3.8) is 0 Å². The summed E-state index contributed by atoms with van der Waals surface area (Å²) in [5, 5.41) is 0. The van der Waals surface area contributed by atoms with Crippen LogP contribution >= 0.6 is 0 Å². The Morgan fingerprint density at radius 3 is 2.40 bits per heavy atom. The third kappa shape index (κ3) is 1.55. The van der Waals surface area contributed by atoms with Crippen molar-refractivity contribution >= 4 is 5.78 Å². The van der Waals surface area contributed by atoms with E-state index in [0.717, 1.165) is 6.42 Å². The van der Waals surface area contributed by atoms with Gasteiger partial charge in [0.15, 0.2) is 0 Å². The first-order valence-electron chi connectivity index (χ1n) is 3.71. The van der Waals surface area contributed by atoms with Gasteiger partial charge in [0.2, 0.25) is 0 Å². The molecule has 0 aromatic heterocycles. The van der Waals surface area contributed by atoms with Crippen molar-refractivity contribution < 1.29 is 9.18 Å². The Bertz CT molecular complexity index is 146. The van der Waals surface area contributed by atoms with Gasteiger partial charge in [-0.25, -0.2) is 4.39 Å². The zero-order valence-electron chi connectivity index (χ0n) is 6.48. The number of ketones is 1. The Labute approximate surface area is 60.6 Å². The molecule has 0 saturated heterocycles. The molecule has 1 saturated carbocycles. The van der Waals surface area contributed by atoms with E-state index < -0.39 is 5.67 Å². The molecule has 0 aliphatic heterocycles. The van der Waals surface area contributed by atoms with E-state index in [2.05, 4.69) is 0 Å². The van der Waals surface area contributed by atoms with E-state index in [1.54, 1.807) is 13.8 Å². The van der Waals surface area contributed by atoms with Gasteiger partial charge in [0.1, 0.15) is 11.5 Å². The van der Waals surface area contributed by atoms with Crippen LogP contribution in [0.2, 0.25) is 0 Å². The van der Waals surface area contributed by atoms with Gasteiger partial charge in [0.25, 0.3) is 0 Å². The fourth-order valence-electron chi connectivity index (χ4n) is 1.40. The van der Waals surface area contributed by atoms with E-state index in [4.69, 9.17) is 0 Å². The second-order valence-electron chi connectivity index (χ2n) is 3.54. The van der Waals surface area contributed by atoms with E-state index >= 15 is 0 Å². The molecule has 1 atom stereocenters. The molecule has 10 heavy (non-hydrogen) atoms. The molecule has 0 heterocycles. The minimum absolute atomic E-state index is 0.0278. The number of rotatable bonds is 1. The predicted octanol–water partition coefficient (Wildman–Crippen LogP) is 2.10. The van der Waals surface area contributed by atoms with Crippen LogP contribution in [0, 0.1) is 5.92 Å². The third-order valence-corrected chi connectivity index (χ3v) is 2.22. The molecule has 1 aliphatic rings. The quantitative estimate of drug-likeness (QED) is 0.550. The van der Waals surface area contributed by atoms with Crippen LogP contribution in [0.3, 0.4) is 0 Å². The topological polar surface area (TPSA) is 17.1 Å². The Kier molecular flexibility index (Phi) is 1.80. The number of carbonyl (C=O) groups excluding carboxylic acids is 1. The van der Waals surface area contributed by atoms with Crippen LogP contribution in [-0.4, -0.2) is 11.5 Å². The van der Waals surface area contributed by atoms with Crippen LogP contribution < -0.4 is 0 Å². The van der Waals surface area contributed by atoms with Crippen LogP contribution in [-0.2, 0) is 4.79 Å². The summed E-state index contributed by atoms with van der Waals surface area (Å²) in [6.07, 6.45) is 1.77. The maximum atomic E-state index is 13.1. The van der Waals surface area contributed by atoms with E-state index in [1.807, 2.05) is 0 Å². The number of Topliss-reactive ketones (excluding diaryl/α,β-unsaturated/α-hetero) is 1. The summed E-state index contributed by atoms with van der Waals surface area (Å²) >= 11 is 0. The molecule has 58 valence electrons. The largest absolute Gasteiger partial charge is 0.300 e. The molecule has 1 rings (SSSR count). The molecule has 0 bridgehead atoms. The summed E-state index contributed by atoms with van der Waals surface area (Å²) in [5.41, 5.74) is -1.16. The van der Waals surface area contributed by atoms with Crippen molar-refractivity contribution in [2.24, 2.45) is 5.92 Å². The molecule has 0 aromatic rings. The van der Waals surface area contributed by atoms with E-state index in [9.17, 15) is 9.18 Å². The summed E-state index contributed by atoms with van der Waals surface area (Å²) in [7, 11) is 0. The maximum Gasteiger partial charge on any atom is 0.133 e. The Hall–Kier alpha value is -0.400. The lowest BCUT2D eigenvalue weighted by atomic mass is 9.91. The van der Waals surface area contributed by atoms with Crippen LogP contribution in [0.5, 0.6) is 0 Å². The zero-order chi connectivity index (χ0) is 7.78. The smallest absolute Gasteiger partial charge is 0.133 e. The van der Waals surface area contributed by atoms with Crippen molar-refractivity contribution in [1.29, 1.82) is 0 Å². The van der Waals surface area contributed by atoms with Crippen molar-refractivity contribution in [3.8, 4) is 0 Å². The highest BCUT2D eigenvalue weighted by atomic mass is 19.1. The number of halogens is 1. The number of hydrogen-bond acceptors (Lipinski definition) is 1. The van der Waals surface area contributed by atoms with Crippen LogP contribution in [0.1, 0.15) is 33.1 Å². The van der Waals surface area contributed by atoms with E-state index in [1.165, 1.54) is 0 Å². The molecular weight excluding hydrogens is 131 g/mol. The molecule has 0 radical (unpaired) electrons. The average Bonchev–Trinajstić information content (AvgIpc) is 2.11. The maximum absolute atomic E-state index is 13.1. The lowest BCUT2D eigenvalue weighted by Gasteiger charge is -2.20. The highest BCUT2D eigenvalue weighted by Gasteiger charge is 2.34. The summed E-state index contributed by atoms with van der Waals surface area (Å²) in [6.45, 7) is 3.10. The van der Waals surface area contributed by atoms with Gasteiger partial charge in [-0.3, -0.25) is 4.79 Å². The van der Waals surface area contributed by atoms with Crippen molar-refractivity contribution in [2.75, 3.05) is 0 Å². The van der Waals surface area contributed by atoms with Crippen molar-refractivity contribution in [3.05, 3.63) is 0 Å². The lowest BCUT2D eigenvalue weighted by molar-refractivity contribution is -0.118. The molecule has 1 aliphatic carbocycles. The minimum Gasteiger partial charge on any atom is -0.300 e. The first-order chi connectivity index (χ1) is 4.50. The fourth-order valence-corrected chi connectivity index (χ4v) is 1.40. The number of hydrogen-bond donors (Lipinski definition) is 0. The highest BCUT2D eigenvalue weighted by molar-refractivity contribution is 5.80. The van der Waals surface area contributed by atoms with Gasteiger partial charge in [-0.1, -0.05) is 0 Å². The van der Waals surface area contributed by atoms with E-state index in [0.29, 0.717) is 12.8 Å². The monoisotopic (exact) mass is 144 g/mol. The number of alkyl halides is 1. The van der Waals surface area contributed by atoms with Gasteiger partial charge >= 0.3 is 0 Å². The summed E-state index contributed by atoms with van der Waals surface area (Å²) < 4.78 is 13.1. The van der Waals surface area contributed by atoms with Crippen molar-refractivity contribution in [1.82, 2.24) is 0 Å². The molecule has 1 unspecified atom stereocenters. The van der Waals surface area contributed by atoms with Crippen LogP contribution in [0.15, 0.2) is 0 Å². The van der Waals surface area contributed by atoms with Crippen LogP contribution in [0.25, 0.3) is 0 Å². The lowest BCUT2D eigenvalue weighted by Crippen LogP contribution is -2.23. The summed E-state index contributed by atoms with van der Waals surface area (Å²) in [4.78, 5) is 10.7. The van der Waals surface area contributed by atoms with E-state index in [-0.39, 0.29) is 11.7 Å². The zero-order valence-corrected chi connectivity index (χ0v) is 6.48. The van der Waals surface area contributed by atoms with Gasteiger partial charge in [-0.05, 0) is 26.2 Å². The molecule has 0 amide bonds. The SMILES string of the molecule is CC(C)(F)C1CCC(=O)C1. The average molecular weight is 144 g/mol. The Balaban J connectivity index is 2.53. The second-order valence-corrected chi connectivity index (χ2v) is 3.54. The summed E-state index contributed by atoms with van der Waals surface area (Å²) in [5.74, 6) is 0.190. The van der Waals surface area contributed by atoms with Crippen LogP contribution in [0.4, 0.5) is 4.39 Å². The molecule has 1 fully saturated rings. The standard InChI is InChI=1S/C8H13FO/c1-8(2,9)6-3-4-7(10)5-6/h6H,3-5H2,1-2H3. The van der Waals surface area contributed by atoms with Gasteiger partial charge < -0.3 is 0 Å². The highest BCUT2D eigenvalue weighted by Crippen LogP contribution is 2.33. The Morgan fingerprint density at radius 1 is 1.60 bits per heavy atom. The molecule has 0 N–H and O–H groups in total. The fraction of sp³-hybridized carbons (Fsp3) is 0.875. The van der Waals surface area contributed by atoms with Gasteiger partial charge in [0, 0.05) is 12.8 Å². The molecule has 0 aromatic carbocycles.